The van der Waals surface area contributed by atoms with Crippen LogP contribution in [0.3, 0.4) is 0 Å². The molecule has 29 heavy (non-hydrogen) atoms. The normalized spacial score (nSPS) is 20.8. The van der Waals surface area contributed by atoms with E-state index in [4.69, 9.17) is 0 Å². The van der Waals surface area contributed by atoms with Gasteiger partial charge >= 0.3 is 0 Å². The van der Waals surface area contributed by atoms with Crippen LogP contribution in [0.1, 0.15) is 34.6 Å². The van der Waals surface area contributed by atoms with Crippen molar-refractivity contribution < 1.29 is 14.4 Å². The number of thiophene rings is 1. The maximum atomic E-state index is 13.0. The molecule has 152 valence electrons. The minimum atomic E-state index is -0.298. The second-order valence-electron chi connectivity index (χ2n) is 7.63. The van der Waals surface area contributed by atoms with Crippen molar-refractivity contribution in [1.29, 1.82) is 0 Å². The standard InChI is InChI=1S/C22H25N3O3S/c1-16(17-6-3-2-4-7-17)25-15-18(14-20(25)26)21(27)23-9-11-24(12-10-23)22(28)19-8-5-13-29-19/h2-8,13,16,18H,9-12,14-15H2,1H3. The Hall–Kier alpha value is -2.67. The lowest BCUT2D eigenvalue weighted by Gasteiger charge is -2.35. The Balaban J connectivity index is 1.34. The van der Waals surface area contributed by atoms with Gasteiger partial charge in [-0.1, -0.05) is 36.4 Å². The van der Waals surface area contributed by atoms with Gasteiger partial charge in [0.15, 0.2) is 0 Å². The van der Waals surface area contributed by atoms with Gasteiger partial charge in [0.1, 0.15) is 0 Å². The zero-order chi connectivity index (χ0) is 20.4. The number of piperazine rings is 1. The minimum Gasteiger partial charge on any atom is -0.339 e. The van der Waals surface area contributed by atoms with Crippen molar-refractivity contribution in [2.75, 3.05) is 32.7 Å². The molecule has 0 N–H and O–H groups in total. The van der Waals surface area contributed by atoms with Crippen LogP contribution in [-0.2, 0) is 9.59 Å². The number of carbonyl (C=O) groups is 3. The molecule has 1 aromatic carbocycles. The number of rotatable bonds is 4. The van der Waals surface area contributed by atoms with Crippen LogP contribution in [0.15, 0.2) is 47.8 Å². The van der Waals surface area contributed by atoms with Crippen LogP contribution in [0.25, 0.3) is 0 Å². The van der Waals surface area contributed by atoms with E-state index in [1.807, 2.05) is 64.6 Å². The van der Waals surface area contributed by atoms with Crippen LogP contribution in [-0.4, -0.2) is 65.1 Å². The van der Waals surface area contributed by atoms with Gasteiger partial charge in [-0.05, 0) is 23.9 Å². The fourth-order valence-corrected chi connectivity index (χ4v) is 4.82. The fraction of sp³-hybridized carbons (Fsp3) is 0.409. The summed E-state index contributed by atoms with van der Waals surface area (Å²) in [6.45, 7) is 4.58. The summed E-state index contributed by atoms with van der Waals surface area (Å²) in [6.07, 6.45) is 0.268. The fourth-order valence-electron chi connectivity index (χ4n) is 4.13. The number of hydrogen-bond donors (Lipinski definition) is 0. The van der Waals surface area contributed by atoms with Gasteiger partial charge in [-0.15, -0.1) is 11.3 Å². The molecule has 2 unspecified atom stereocenters. The molecule has 6 nitrogen and oxygen atoms in total. The predicted molar refractivity (Wildman–Crippen MR) is 111 cm³/mol. The monoisotopic (exact) mass is 411 g/mol. The van der Waals surface area contributed by atoms with Crippen molar-refractivity contribution >= 4 is 29.1 Å². The largest absolute Gasteiger partial charge is 0.339 e. The molecule has 0 bridgehead atoms. The van der Waals surface area contributed by atoms with Crippen LogP contribution in [0.2, 0.25) is 0 Å². The van der Waals surface area contributed by atoms with E-state index in [1.165, 1.54) is 11.3 Å². The van der Waals surface area contributed by atoms with E-state index in [-0.39, 0.29) is 36.1 Å². The van der Waals surface area contributed by atoms with Gasteiger partial charge in [0.2, 0.25) is 11.8 Å². The van der Waals surface area contributed by atoms with Gasteiger partial charge in [-0.25, -0.2) is 0 Å². The Labute approximate surface area is 174 Å². The third-order valence-corrected chi connectivity index (χ3v) is 6.73. The zero-order valence-electron chi connectivity index (χ0n) is 16.5. The van der Waals surface area contributed by atoms with Gasteiger partial charge in [-0.3, -0.25) is 14.4 Å². The van der Waals surface area contributed by atoms with Gasteiger partial charge < -0.3 is 14.7 Å². The highest BCUT2D eigenvalue weighted by atomic mass is 32.1. The van der Waals surface area contributed by atoms with E-state index < -0.39 is 0 Å². The summed E-state index contributed by atoms with van der Waals surface area (Å²) >= 11 is 1.44. The molecule has 7 heteroatoms. The number of hydrogen-bond acceptors (Lipinski definition) is 4. The molecule has 3 amide bonds. The zero-order valence-corrected chi connectivity index (χ0v) is 17.3. The smallest absolute Gasteiger partial charge is 0.264 e. The second-order valence-corrected chi connectivity index (χ2v) is 8.58. The Morgan fingerprint density at radius 3 is 2.34 bits per heavy atom. The van der Waals surface area contributed by atoms with Gasteiger partial charge in [0, 0.05) is 39.1 Å². The Morgan fingerprint density at radius 2 is 1.69 bits per heavy atom. The molecule has 1 aromatic heterocycles. The van der Waals surface area contributed by atoms with Crippen molar-refractivity contribution in [1.82, 2.24) is 14.7 Å². The summed E-state index contributed by atoms with van der Waals surface area (Å²) in [6, 6.07) is 13.6. The molecule has 2 saturated heterocycles. The first kappa shape index (κ1) is 19.6. The molecular formula is C22H25N3O3S. The maximum Gasteiger partial charge on any atom is 0.264 e. The van der Waals surface area contributed by atoms with Crippen molar-refractivity contribution in [2.45, 2.75) is 19.4 Å². The molecule has 0 spiro atoms. The average molecular weight is 412 g/mol. The number of amides is 3. The Kier molecular flexibility index (Phi) is 5.67. The van der Waals surface area contributed by atoms with E-state index >= 15 is 0 Å². The quantitative estimate of drug-likeness (QED) is 0.777. The molecule has 0 aliphatic carbocycles. The molecule has 3 heterocycles. The lowest BCUT2D eigenvalue weighted by molar-refractivity contribution is -0.137. The molecule has 0 saturated carbocycles. The molecule has 2 aliphatic heterocycles. The van der Waals surface area contributed by atoms with Gasteiger partial charge in [0.25, 0.3) is 5.91 Å². The Morgan fingerprint density at radius 1 is 1.00 bits per heavy atom. The number of nitrogens with zero attached hydrogens (tertiary/aromatic N) is 3. The van der Waals surface area contributed by atoms with E-state index in [2.05, 4.69) is 0 Å². The molecule has 4 rings (SSSR count). The topological polar surface area (TPSA) is 60.9 Å². The van der Waals surface area contributed by atoms with Gasteiger partial charge in [-0.2, -0.15) is 0 Å². The highest BCUT2D eigenvalue weighted by molar-refractivity contribution is 7.12. The predicted octanol–water partition coefficient (Wildman–Crippen LogP) is 2.64. The summed E-state index contributed by atoms with van der Waals surface area (Å²) in [4.78, 5) is 44.2. The van der Waals surface area contributed by atoms with Crippen LogP contribution < -0.4 is 0 Å². The molecule has 2 fully saturated rings. The number of benzene rings is 1. The molecule has 2 atom stereocenters. The van der Waals surface area contributed by atoms with E-state index in [1.54, 1.807) is 4.90 Å². The molecular weight excluding hydrogens is 386 g/mol. The summed E-state index contributed by atoms with van der Waals surface area (Å²) in [5, 5.41) is 1.90. The summed E-state index contributed by atoms with van der Waals surface area (Å²) < 4.78 is 0. The highest BCUT2D eigenvalue weighted by Gasteiger charge is 2.39. The Bertz CT molecular complexity index is 876. The van der Waals surface area contributed by atoms with Crippen LogP contribution in [0.5, 0.6) is 0 Å². The molecule has 0 radical (unpaired) electrons. The van der Waals surface area contributed by atoms with Crippen LogP contribution in [0, 0.1) is 5.92 Å². The third-order valence-electron chi connectivity index (χ3n) is 5.87. The van der Waals surface area contributed by atoms with E-state index in [0.29, 0.717) is 32.7 Å². The summed E-state index contributed by atoms with van der Waals surface area (Å²) in [5.41, 5.74) is 1.08. The third kappa shape index (κ3) is 4.05. The lowest BCUT2D eigenvalue weighted by Crippen LogP contribution is -2.52. The second kappa shape index (κ2) is 8.37. The van der Waals surface area contributed by atoms with Crippen molar-refractivity contribution in [2.24, 2.45) is 5.92 Å². The lowest BCUT2D eigenvalue weighted by atomic mass is 10.1. The van der Waals surface area contributed by atoms with Crippen molar-refractivity contribution in [3.63, 3.8) is 0 Å². The summed E-state index contributed by atoms with van der Waals surface area (Å²) in [5.74, 6) is -0.199. The van der Waals surface area contributed by atoms with Crippen LogP contribution >= 0.6 is 11.3 Å². The number of carbonyl (C=O) groups excluding carboxylic acids is 3. The minimum absolute atomic E-state index is 0.0318. The first-order valence-corrected chi connectivity index (χ1v) is 10.9. The first-order valence-electron chi connectivity index (χ1n) is 10.0. The van der Waals surface area contributed by atoms with E-state index in [0.717, 1.165) is 10.4 Å². The average Bonchev–Trinajstić information content (AvgIpc) is 3.43. The SMILES string of the molecule is CC(c1ccccc1)N1CC(C(=O)N2CCN(C(=O)c3cccs3)CC2)CC1=O. The first-order chi connectivity index (χ1) is 14.0. The molecule has 2 aromatic rings. The number of likely N-dealkylation sites (tertiary alicyclic amines) is 1. The highest BCUT2D eigenvalue weighted by Crippen LogP contribution is 2.29. The summed E-state index contributed by atoms with van der Waals surface area (Å²) in [7, 11) is 0. The maximum absolute atomic E-state index is 13.0. The van der Waals surface area contributed by atoms with Crippen molar-refractivity contribution in [3.05, 3.63) is 58.3 Å². The van der Waals surface area contributed by atoms with Gasteiger partial charge in [0.05, 0.1) is 16.8 Å². The van der Waals surface area contributed by atoms with Crippen LogP contribution in [0.4, 0.5) is 0 Å². The van der Waals surface area contributed by atoms with Crippen molar-refractivity contribution in [3.8, 4) is 0 Å². The van der Waals surface area contributed by atoms with E-state index in [9.17, 15) is 14.4 Å². The molecule has 2 aliphatic rings.